The molecular formula is C12H15N5OS. The van der Waals surface area contributed by atoms with Crippen LogP contribution in [0.1, 0.15) is 12.8 Å². The Labute approximate surface area is 115 Å². The fraction of sp³-hybridized carbons (Fsp3) is 0.250. The van der Waals surface area contributed by atoms with Gasteiger partial charge in [0.15, 0.2) is 5.16 Å². The van der Waals surface area contributed by atoms with Gasteiger partial charge < -0.3 is 11.1 Å². The molecule has 1 aromatic carbocycles. The van der Waals surface area contributed by atoms with Gasteiger partial charge in [0.05, 0.1) is 0 Å². The van der Waals surface area contributed by atoms with Crippen molar-refractivity contribution in [2.24, 2.45) is 0 Å². The predicted octanol–water partition coefficient (Wildman–Crippen LogP) is 1.90. The highest BCUT2D eigenvalue weighted by Gasteiger charge is 2.03. The number of carbonyl (C=O) groups excluding carboxylic acids is 1. The van der Waals surface area contributed by atoms with Gasteiger partial charge in [-0.15, -0.1) is 0 Å². The molecule has 0 fully saturated rings. The number of nitrogens with zero attached hydrogens (tertiary/aromatic N) is 2. The maximum atomic E-state index is 11.7. The third-order valence-electron chi connectivity index (χ3n) is 2.37. The summed E-state index contributed by atoms with van der Waals surface area (Å²) in [7, 11) is 0. The van der Waals surface area contributed by atoms with Crippen LogP contribution in [0.4, 0.5) is 11.4 Å². The highest BCUT2D eigenvalue weighted by Crippen LogP contribution is 2.14. The van der Waals surface area contributed by atoms with Crippen LogP contribution in [0.15, 0.2) is 35.7 Å². The van der Waals surface area contributed by atoms with E-state index in [-0.39, 0.29) is 5.91 Å². The van der Waals surface area contributed by atoms with Crippen LogP contribution in [0.5, 0.6) is 0 Å². The average Bonchev–Trinajstić information content (AvgIpc) is 2.91. The Kier molecular flexibility index (Phi) is 4.79. The molecule has 100 valence electrons. The van der Waals surface area contributed by atoms with Crippen LogP contribution < -0.4 is 11.1 Å². The van der Waals surface area contributed by atoms with E-state index in [1.54, 1.807) is 36.0 Å². The standard InChI is InChI=1S/C12H15N5OS/c13-9-3-5-10(6-4-9)16-11(18)2-1-7-19-12-14-8-15-17-12/h3-6,8H,1-2,7,13H2,(H,16,18)(H,14,15,17). The van der Waals surface area contributed by atoms with Crippen LogP contribution in [0.3, 0.4) is 0 Å². The summed E-state index contributed by atoms with van der Waals surface area (Å²) in [5.74, 6) is 0.826. The van der Waals surface area contributed by atoms with Crippen molar-refractivity contribution in [3.8, 4) is 0 Å². The number of nitrogens with two attached hydrogens (primary N) is 1. The van der Waals surface area contributed by atoms with Crippen LogP contribution >= 0.6 is 11.8 Å². The van der Waals surface area contributed by atoms with Crippen LogP contribution in [0, 0.1) is 0 Å². The maximum Gasteiger partial charge on any atom is 0.224 e. The van der Waals surface area contributed by atoms with Crippen LogP contribution in [-0.2, 0) is 4.79 Å². The fourth-order valence-electron chi connectivity index (χ4n) is 1.46. The molecule has 0 saturated carbocycles. The van der Waals surface area contributed by atoms with Gasteiger partial charge in [-0.2, -0.15) is 5.10 Å². The molecule has 2 aromatic rings. The van der Waals surface area contributed by atoms with Gasteiger partial charge in [-0.05, 0) is 30.7 Å². The van der Waals surface area contributed by atoms with E-state index in [1.165, 1.54) is 6.33 Å². The van der Waals surface area contributed by atoms with Gasteiger partial charge in [-0.3, -0.25) is 9.89 Å². The summed E-state index contributed by atoms with van der Waals surface area (Å²) in [6, 6.07) is 7.09. The summed E-state index contributed by atoms with van der Waals surface area (Å²) in [5, 5.41) is 10.1. The normalized spacial score (nSPS) is 10.3. The number of amides is 1. The molecule has 4 N–H and O–H groups in total. The predicted molar refractivity (Wildman–Crippen MR) is 75.8 cm³/mol. The topological polar surface area (TPSA) is 96.7 Å². The van der Waals surface area contributed by atoms with Crippen molar-refractivity contribution in [3.05, 3.63) is 30.6 Å². The summed E-state index contributed by atoms with van der Waals surface area (Å²) in [5.41, 5.74) is 7.02. The van der Waals surface area contributed by atoms with Crippen LogP contribution in [0.25, 0.3) is 0 Å². The summed E-state index contributed by atoms with van der Waals surface area (Å²) < 4.78 is 0. The zero-order chi connectivity index (χ0) is 13.5. The third kappa shape index (κ3) is 4.63. The minimum absolute atomic E-state index is 0.00272. The van der Waals surface area contributed by atoms with Crippen molar-refractivity contribution in [3.63, 3.8) is 0 Å². The second-order valence-electron chi connectivity index (χ2n) is 3.91. The summed E-state index contributed by atoms with van der Waals surface area (Å²) in [4.78, 5) is 15.7. The number of H-pyrrole nitrogens is 1. The quantitative estimate of drug-likeness (QED) is 0.425. The monoisotopic (exact) mass is 277 g/mol. The van der Waals surface area contributed by atoms with Crippen molar-refractivity contribution in [1.82, 2.24) is 15.2 Å². The van der Waals surface area contributed by atoms with Gasteiger partial charge in [0.2, 0.25) is 5.91 Å². The molecule has 19 heavy (non-hydrogen) atoms. The molecule has 0 aliphatic rings. The van der Waals surface area contributed by atoms with E-state index in [0.717, 1.165) is 23.0 Å². The van der Waals surface area contributed by atoms with E-state index < -0.39 is 0 Å². The molecule has 7 heteroatoms. The Morgan fingerprint density at radius 1 is 1.37 bits per heavy atom. The first kappa shape index (κ1) is 13.4. The molecule has 1 heterocycles. The van der Waals surface area contributed by atoms with Crippen LogP contribution in [-0.4, -0.2) is 26.8 Å². The zero-order valence-corrected chi connectivity index (χ0v) is 11.1. The Balaban J connectivity index is 1.65. The highest BCUT2D eigenvalue weighted by molar-refractivity contribution is 7.99. The molecule has 0 aliphatic heterocycles. The van der Waals surface area contributed by atoms with Crippen molar-refractivity contribution in [1.29, 1.82) is 0 Å². The van der Waals surface area contributed by atoms with E-state index in [1.807, 2.05) is 0 Å². The lowest BCUT2D eigenvalue weighted by Crippen LogP contribution is -2.11. The number of aromatic nitrogens is 3. The average molecular weight is 277 g/mol. The zero-order valence-electron chi connectivity index (χ0n) is 10.3. The molecule has 1 amide bonds. The lowest BCUT2D eigenvalue weighted by Gasteiger charge is -2.05. The molecule has 2 rings (SSSR count). The number of carbonyl (C=O) groups is 1. The SMILES string of the molecule is Nc1ccc(NC(=O)CCCSc2ncn[nH]2)cc1. The maximum absolute atomic E-state index is 11.7. The molecular weight excluding hydrogens is 262 g/mol. The molecule has 6 nitrogen and oxygen atoms in total. The van der Waals surface area contributed by atoms with E-state index in [0.29, 0.717) is 12.1 Å². The number of hydrogen-bond donors (Lipinski definition) is 3. The van der Waals surface area contributed by atoms with Gasteiger partial charge in [-0.25, -0.2) is 4.98 Å². The summed E-state index contributed by atoms with van der Waals surface area (Å²) in [6.07, 6.45) is 2.73. The van der Waals surface area contributed by atoms with Gasteiger partial charge in [0.25, 0.3) is 0 Å². The molecule has 0 atom stereocenters. The first-order chi connectivity index (χ1) is 9.24. The number of anilines is 2. The Morgan fingerprint density at radius 3 is 2.84 bits per heavy atom. The van der Waals surface area contributed by atoms with E-state index >= 15 is 0 Å². The largest absolute Gasteiger partial charge is 0.399 e. The number of hydrogen-bond acceptors (Lipinski definition) is 5. The van der Waals surface area contributed by atoms with Gasteiger partial charge >= 0.3 is 0 Å². The number of thioether (sulfide) groups is 1. The first-order valence-corrected chi connectivity index (χ1v) is 6.86. The molecule has 0 spiro atoms. The third-order valence-corrected chi connectivity index (χ3v) is 3.34. The molecule has 0 bridgehead atoms. The van der Waals surface area contributed by atoms with Crippen molar-refractivity contribution in [2.75, 3.05) is 16.8 Å². The smallest absolute Gasteiger partial charge is 0.224 e. The lowest BCUT2D eigenvalue weighted by atomic mass is 10.2. The lowest BCUT2D eigenvalue weighted by molar-refractivity contribution is -0.116. The number of nitrogens with one attached hydrogen (secondary N) is 2. The first-order valence-electron chi connectivity index (χ1n) is 5.87. The van der Waals surface area contributed by atoms with Gasteiger partial charge in [0.1, 0.15) is 6.33 Å². The number of aromatic amines is 1. The van der Waals surface area contributed by atoms with Crippen molar-refractivity contribution in [2.45, 2.75) is 18.0 Å². The molecule has 1 aromatic heterocycles. The molecule has 0 aliphatic carbocycles. The molecule has 0 unspecified atom stereocenters. The van der Waals surface area contributed by atoms with Gasteiger partial charge in [0, 0.05) is 23.5 Å². The van der Waals surface area contributed by atoms with E-state index in [4.69, 9.17) is 5.73 Å². The van der Waals surface area contributed by atoms with Crippen molar-refractivity contribution >= 4 is 29.0 Å². The Bertz CT molecular complexity index is 511. The van der Waals surface area contributed by atoms with E-state index in [9.17, 15) is 4.79 Å². The van der Waals surface area contributed by atoms with Crippen molar-refractivity contribution < 1.29 is 4.79 Å². The summed E-state index contributed by atoms with van der Waals surface area (Å²) >= 11 is 1.55. The minimum atomic E-state index is 0.00272. The number of benzene rings is 1. The number of rotatable bonds is 6. The fourth-order valence-corrected chi connectivity index (χ4v) is 2.18. The second kappa shape index (κ2) is 6.79. The second-order valence-corrected chi connectivity index (χ2v) is 5.00. The Hall–Kier alpha value is -2.02. The van der Waals surface area contributed by atoms with Crippen LogP contribution in [0.2, 0.25) is 0 Å². The van der Waals surface area contributed by atoms with Gasteiger partial charge in [-0.1, -0.05) is 11.8 Å². The molecule has 0 radical (unpaired) electrons. The number of nitrogen functional groups attached to an aromatic ring is 1. The minimum Gasteiger partial charge on any atom is -0.399 e. The molecule has 0 saturated heterocycles. The summed E-state index contributed by atoms with van der Waals surface area (Å²) in [6.45, 7) is 0. The Morgan fingerprint density at radius 2 is 2.16 bits per heavy atom. The highest BCUT2D eigenvalue weighted by atomic mass is 32.2. The van der Waals surface area contributed by atoms with E-state index in [2.05, 4.69) is 20.5 Å².